The SMILES string of the molecule is CCCCCC1CCC(c2ccc(OCCOc3ccc(N)cc3N)cc2)CC1. The average molecular weight is 397 g/mol. The maximum atomic E-state index is 5.90. The molecule has 0 radical (unpaired) electrons. The molecule has 1 aliphatic rings. The van der Waals surface area contributed by atoms with E-state index in [9.17, 15) is 0 Å². The van der Waals surface area contributed by atoms with Gasteiger partial charge in [-0.2, -0.15) is 0 Å². The molecule has 2 aromatic rings. The lowest BCUT2D eigenvalue weighted by Gasteiger charge is -2.29. The van der Waals surface area contributed by atoms with Crippen molar-refractivity contribution < 1.29 is 9.47 Å². The van der Waals surface area contributed by atoms with Crippen LogP contribution in [0.5, 0.6) is 11.5 Å². The molecule has 4 nitrogen and oxygen atoms in total. The molecule has 4 heteroatoms. The van der Waals surface area contributed by atoms with E-state index < -0.39 is 0 Å². The molecular formula is C25H36N2O2. The van der Waals surface area contributed by atoms with Gasteiger partial charge in [-0.1, -0.05) is 44.7 Å². The summed E-state index contributed by atoms with van der Waals surface area (Å²) in [4.78, 5) is 0. The van der Waals surface area contributed by atoms with E-state index in [4.69, 9.17) is 20.9 Å². The van der Waals surface area contributed by atoms with Crippen molar-refractivity contribution >= 4 is 11.4 Å². The van der Waals surface area contributed by atoms with Crippen molar-refractivity contribution in [2.24, 2.45) is 5.92 Å². The minimum atomic E-state index is 0.442. The highest BCUT2D eigenvalue weighted by molar-refractivity contribution is 5.60. The number of nitrogen functional groups attached to an aromatic ring is 2. The monoisotopic (exact) mass is 396 g/mol. The maximum Gasteiger partial charge on any atom is 0.142 e. The van der Waals surface area contributed by atoms with Crippen LogP contribution in [0, 0.1) is 5.92 Å². The van der Waals surface area contributed by atoms with Crippen molar-refractivity contribution in [3.05, 3.63) is 48.0 Å². The fourth-order valence-electron chi connectivity index (χ4n) is 4.31. The first kappa shape index (κ1) is 21.4. The second kappa shape index (κ2) is 11.0. The topological polar surface area (TPSA) is 70.5 Å². The van der Waals surface area contributed by atoms with Crippen LogP contribution in [-0.2, 0) is 0 Å². The number of hydrogen-bond donors (Lipinski definition) is 2. The van der Waals surface area contributed by atoms with Crippen LogP contribution in [0.25, 0.3) is 0 Å². The van der Waals surface area contributed by atoms with Gasteiger partial charge in [-0.15, -0.1) is 0 Å². The van der Waals surface area contributed by atoms with Gasteiger partial charge < -0.3 is 20.9 Å². The summed E-state index contributed by atoms with van der Waals surface area (Å²) in [7, 11) is 0. The third-order valence-electron chi connectivity index (χ3n) is 6.06. The van der Waals surface area contributed by atoms with E-state index in [0.29, 0.717) is 36.3 Å². The molecule has 158 valence electrons. The van der Waals surface area contributed by atoms with Crippen LogP contribution < -0.4 is 20.9 Å². The first-order valence-electron chi connectivity index (χ1n) is 11.2. The highest BCUT2D eigenvalue weighted by Gasteiger charge is 2.22. The van der Waals surface area contributed by atoms with Crippen molar-refractivity contribution in [3.8, 4) is 11.5 Å². The van der Waals surface area contributed by atoms with Gasteiger partial charge in [-0.05, 0) is 73.4 Å². The molecule has 2 aromatic carbocycles. The summed E-state index contributed by atoms with van der Waals surface area (Å²) in [5.41, 5.74) is 14.2. The van der Waals surface area contributed by atoms with Gasteiger partial charge in [0.2, 0.25) is 0 Å². The van der Waals surface area contributed by atoms with Crippen LogP contribution in [0.1, 0.15) is 69.8 Å². The van der Waals surface area contributed by atoms with Crippen LogP contribution >= 0.6 is 0 Å². The Morgan fingerprint density at radius 1 is 0.862 bits per heavy atom. The Balaban J connectivity index is 1.38. The number of anilines is 2. The molecule has 0 amide bonds. The molecule has 0 spiro atoms. The third kappa shape index (κ3) is 6.59. The minimum absolute atomic E-state index is 0.442. The highest BCUT2D eigenvalue weighted by Crippen LogP contribution is 2.38. The molecular weight excluding hydrogens is 360 g/mol. The molecule has 1 aliphatic carbocycles. The zero-order chi connectivity index (χ0) is 20.5. The van der Waals surface area contributed by atoms with Crippen LogP contribution in [0.3, 0.4) is 0 Å². The van der Waals surface area contributed by atoms with E-state index in [1.165, 1.54) is 56.9 Å². The van der Waals surface area contributed by atoms with E-state index >= 15 is 0 Å². The summed E-state index contributed by atoms with van der Waals surface area (Å²) in [6.07, 6.45) is 11.0. The number of hydrogen-bond acceptors (Lipinski definition) is 4. The molecule has 0 heterocycles. The number of rotatable bonds is 10. The van der Waals surface area contributed by atoms with Gasteiger partial charge in [-0.25, -0.2) is 0 Å². The zero-order valence-corrected chi connectivity index (χ0v) is 17.7. The first-order chi connectivity index (χ1) is 14.2. The van der Waals surface area contributed by atoms with Gasteiger partial charge >= 0.3 is 0 Å². The third-order valence-corrected chi connectivity index (χ3v) is 6.06. The van der Waals surface area contributed by atoms with Crippen LogP contribution in [0.15, 0.2) is 42.5 Å². The molecule has 29 heavy (non-hydrogen) atoms. The highest BCUT2D eigenvalue weighted by atomic mass is 16.5. The van der Waals surface area contributed by atoms with E-state index in [0.717, 1.165) is 11.7 Å². The maximum absolute atomic E-state index is 5.90. The normalized spacial score (nSPS) is 19.1. The van der Waals surface area contributed by atoms with Gasteiger partial charge in [0.05, 0.1) is 5.69 Å². The predicted molar refractivity (Wildman–Crippen MR) is 122 cm³/mol. The van der Waals surface area contributed by atoms with Crippen LogP contribution in [-0.4, -0.2) is 13.2 Å². The van der Waals surface area contributed by atoms with Crippen molar-refractivity contribution in [2.45, 2.75) is 64.2 Å². The fraction of sp³-hybridized carbons (Fsp3) is 0.520. The number of unbranched alkanes of at least 4 members (excludes halogenated alkanes) is 2. The Morgan fingerprint density at radius 2 is 1.59 bits per heavy atom. The molecule has 1 saturated carbocycles. The number of benzene rings is 2. The smallest absolute Gasteiger partial charge is 0.142 e. The van der Waals surface area contributed by atoms with Crippen LogP contribution in [0.2, 0.25) is 0 Å². The largest absolute Gasteiger partial charge is 0.490 e. The van der Waals surface area contributed by atoms with Gasteiger partial charge in [0.1, 0.15) is 24.7 Å². The zero-order valence-electron chi connectivity index (χ0n) is 17.7. The number of nitrogens with two attached hydrogens (primary N) is 2. The standard InChI is InChI=1S/C25H36N2O2/c1-2-3-4-5-19-6-8-20(9-7-19)21-10-13-23(14-11-21)28-16-17-29-25-15-12-22(26)18-24(25)27/h10-15,18-20H,2-9,16-17,26-27H2,1H3. The van der Waals surface area contributed by atoms with Gasteiger partial charge in [0, 0.05) is 5.69 Å². The van der Waals surface area contributed by atoms with Gasteiger partial charge in [0.15, 0.2) is 0 Å². The summed E-state index contributed by atoms with van der Waals surface area (Å²) >= 11 is 0. The average Bonchev–Trinajstić information content (AvgIpc) is 2.74. The Bertz CT molecular complexity index is 737. The van der Waals surface area contributed by atoms with Gasteiger partial charge in [0.25, 0.3) is 0 Å². The minimum Gasteiger partial charge on any atom is -0.490 e. The molecule has 0 bridgehead atoms. The Hall–Kier alpha value is -2.36. The second-order valence-corrected chi connectivity index (χ2v) is 8.28. The fourth-order valence-corrected chi connectivity index (χ4v) is 4.31. The molecule has 0 unspecified atom stereocenters. The molecule has 4 N–H and O–H groups in total. The summed E-state index contributed by atoms with van der Waals surface area (Å²) in [5.74, 6) is 3.19. The Morgan fingerprint density at radius 3 is 2.28 bits per heavy atom. The van der Waals surface area contributed by atoms with Crippen molar-refractivity contribution in [3.63, 3.8) is 0 Å². The quantitative estimate of drug-likeness (QED) is 0.372. The summed E-state index contributed by atoms with van der Waals surface area (Å²) < 4.78 is 11.5. The van der Waals surface area contributed by atoms with E-state index in [2.05, 4.69) is 31.2 Å². The Kier molecular flexibility index (Phi) is 8.09. The second-order valence-electron chi connectivity index (χ2n) is 8.28. The van der Waals surface area contributed by atoms with E-state index in [-0.39, 0.29) is 0 Å². The summed E-state index contributed by atoms with van der Waals surface area (Å²) in [5, 5.41) is 0. The van der Waals surface area contributed by atoms with E-state index in [1.54, 1.807) is 18.2 Å². The van der Waals surface area contributed by atoms with Crippen molar-refractivity contribution in [1.82, 2.24) is 0 Å². The molecule has 3 rings (SSSR count). The molecule has 0 atom stereocenters. The lowest BCUT2D eigenvalue weighted by atomic mass is 9.77. The molecule has 0 saturated heterocycles. The summed E-state index contributed by atoms with van der Waals surface area (Å²) in [6.45, 7) is 3.21. The van der Waals surface area contributed by atoms with Crippen molar-refractivity contribution in [2.75, 3.05) is 24.7 Å². The van der Waals surface area contributed by atoms with E-state index in [1.807, 2.05) is 0 Å². The molecule has 0 aromatic heterocycles. The Labute approximate surface area is 175 Å². The van der Waals surface area contributed by atoms with Crippen LogP contribution in [0.4, 0.5) is 11.4 Å². The van der Waals surface area contributed by atoms with Gasteiger partial charge in [-0.3, -0.25) is 0 Å². The first-order valence-corrected chi connectivity index (χ1v) is 11.2. The molecule has 0 aliphatic heterocycles. The lowest BCUT2D eigenvalue weighted by Crippen LogP contribution is -2.13. The van der Waals surface area contributed by atoms with Crippen molar-refractivity contribution in [1.29, 1.82) is 0 Å². The molecule has 1 fully saturated rings. The predicted octanol–water partition coefficient (Wildman–Crippen LogP) is 6.16. The summed E-state index contributed by atoms with van der Waals surface area (Å²) in [6, 6.07) is 13.9. The lowest BCUT2D eigenvalue weighted by molar-refractivity contribution is 0.218. The number of ether oxygens (including phenoxy) is 2.